The van der Waals surface area contributed by atoms with Crippen LogP contribution in [0.15, 0.2) is 29.4 Å². The van der Waals surface area contributed by atoms with E-state index < -0.39 is 0 Å². The summed E-state index contributed by atoms with van der Waals surface area (Å²) in [6.07, 6.45) is 2.32. The monoisotopic (exact) mass is 290 g/mol. The van der Waals surface area contributed by atoms with Crippen molar-refractivity contribution in [1.29, 1.82) is 0 Å². The number of carbonyl (C=O) groups excluding carboxylic acids is 1. The Hall–Kier alpha value is -1.89. The molecule has 1 aliphatic rings. The van der Waals surface area contributed by atoms with Crippen molar-refractivity contribution in [3.63, 3.8) is 0 Å². The van der Waals surface area contributed by atoms with Gasteiger partial charge in [0.1, 0.15) is 5.75 Å². The van der Waals surface area contributed by atoms with Gasteiger partial charge < -0.3 is 4.74 Å². The molecule has 6 nitrogen and oxygen atoms in total. The average molecular weight is 290 g/mol. The molecule has 104 valence electrons. The van der Waals surface area contributed by atoms with Crippen molar-refractivity contribution in [2.45, 2.75) is 36.7 Å². The first-order valence-corrected chi connectivity index (χ1v) is 7.39. The number of benzene rings is 1. The number of tetrazole rings is 1. The van der Waals surface area contributed by atoms with Gasteiger partial charge in [0.25, 0.3) is 0 Å². The molecule has 0 N–H and O–H groups in total. The lowest BCUT2D eigenvalue weighted by Crippen LogP contribution is -2.01. The summed E-state index contributed by atoms with van der Waals surface area (Å²) >= 11 is 1.61. The lowest BCUT2D eigenvalue weighted by molar-refractivity contribution is -0.131. The van der Waals surface area contributed by atoms with E-state index in [0.717, 1.165) is 29.3 Å². The number of carbonyl (C=O) groups is 1. The van der Waals surface area contributed by atoms with Gasteiger partial charge in [0.2, 0.25) is 5.16 Å². The summed E-state index contributed by atoms with van der Waals surface area (Å²) in [6.45, 7) is 1.39. The Kier molecular flexibility index (Phi) is 3.68. The first-order valence-electron chi connectivity index (χ1n) is 6.40. The minimum atomic E-state index is -0.310. The maximum Gasteiger partial charge on any atom is 0.308 e. The highest BCUT2D eigenvalue weighted by molar-refractivity contribution is 7.98. The minimum Gasteiger partial charge on any atom is -0.427 e. The normalized spacial score (nSPS) is 14.2. The van der Waals surface area contributed by atoms with Crippen LogP contribution in [0.25, 0.3) is 0 Å². The smallest absolute Gasteiger partial charge is 0.308 e. The predicted molar refractivity (Wildman–Crippen MR) is 73.4 cm³/mol. The Bertz CT molecular complexity index is 607. The summed E-state index contributed by atoms with van der Waals surface area (Å²) in [4.78, 5) is 10.8. The second-order valence-electron chi connectivity index (χ2n) is 4.66. The molecule has 1 aromatic carbocycles. The van der Waals surface area contributed by atoms with Crippen molar-refractivity contribution >= 4 is 17.7 Å². The lowest BCUT2D eigenvalue weighted by Gasteiger charge is -2.04. The van der Waals surface area contributed by atoms with Crippen LogP contribution in [0.2, 0.25) is 0 Å². The largest absolute Gasteiger partial charge is 0.427 e. The molecule has 2 aromatic rings. The molecule has 0 spiro atoms. The van der Waals surface area contributed by atoms with Gasteiger partial charge in [-0.3, -0.25) is 4.79 Å². The standard InChI is InChI=1S/C13H14N4O2S/c1-9(18)19-12-6-2-10(3-7-12)8-20-13-14-15-16-17(13)11-4-5-11/h2-3,6-7,11H,4-5,8H2,1H3. The van der Waals surface area contributed by atoms with Gasteiger partial charge in [-0.1, -0.05) is 23.9 Å². The summed E-state index contributed by atoms with van der Waals surface area (Å²) in [7, 11) is 0. The number of esters is 1. The molecule has 0 radical (unpaired) electrons. The van der Waals surface area contributed by atoms with Crippen LogP contribution in [-0.2, 0) is 10.5 Å². The van der Waals surface area contributed by atoms with Gasteiger partial charge in [-0.25, -0.2) is 4.68 Å². The zero-order valence-corrected chi connectivity index (χ0v) is 11.8. The van der Waals surface area contributed by atoms with E-state index in [2.05, 4.69) is 15.5 Å². The summed E-state index contributed by atoms with van der Waals surface area (Å²) < 4.78 is 6.90. The zero-order valence-electron chi connectivity index (χ0n) is 11.0. The van der Waals surface area contributed by atoms with E-state index in [1.165, 1.54) is 6.92 Å². The van der Waals surface area contributed by atoms with E-state index >= 15 is 0 Å². The van der Waals surface area contributed by atoms with Crippen LogP contribution in [-0.4, -0.2) is 26.2 Å². The molecule has 1 saturated carbocycles. The summed E-state index contributed by atoms with van der Waals surface area (Å²) in [5.74, 6) is 1.04. The maximum atomic E-state index is 10.8. The Morgan fingerprint density at radius 3 is 2.80 bits per heavy atom. The van der Waals surface area contributed by atoms with Crippen LogP contribution in [0.3, 0.4) is 0 Å². The molecule has 7 heteroatoms. The minimum absolute atomic E-state index is 0.310. The van der Waals surface area contributed by atoms with Crippen molar-refractivity contribution in [3.8, 4) is 5.75 Å². The Labute approximate surface area is 120 Å². The van der Waals surface area contributed by atoms with Gasteiger partial charge >= 0.3 is 5.97 Å². The molecule has 0 atom stereocenters. The van der Waals surface area contributed by atoms with Crippen LogP contribution >= 0.6 is 11.8 Å². The topological polar surface area (TPSA) is 69.9 Å². The number of thioether (sulfide) groups is 1. The van der Waals surface area contributed by atoms with Gasteiger partial charge in [-0.2, -0.15) is 0 Å². The molecule has 20 heavy (non-hydrogen) atoms. The van der Waals surface area contributed by atoms with Crippen molar-refractivity contribution in [1.82, 2.24) is 20.2 Å². The third-order valence-corrected chi connectivity index (χ3v) is 3.91. The molecule has 1 aliphatic carbocycles. The zero-order chi connectivity index (χ0) is 13.9. The second kappa shape index (κ2) is 5.62. The third-order valence-electron chi connectivity index (χ3n) is 2.91. The number of hydrogen-bond donors (Lipinski definition) is 0. The quantitative estimate of drug-likeness (QED) is 0.478. The van der Waals surface area contributed by atoms with E-state index in [1.54, 1.807) is 23.9 Å². The van der Waals surface area contributed by atoms with Gasteiger partial charge in [-0.15, -0.1) is 5.10 Å². The van der Waals surface area contributed by atoms with Crippen LogP contribution in [0, 0.1) is 0 Å². The summed E-state index contributed by atoms with van der Waals surface area (Å²) in [6, 6.07) is 7.95. The highest BCUT2D eigenvalue weighted by atomic mass is 32.2. The van der Waals surface area contributed by atoms with Crippen LogP contribution in [0.4, 0.5) is 0 Å². The Morgan fingerprint density at radius 1 is 1.40 bits per heavy atom. The molecule has 0 aliphatic heterocycles. The molecular weight excluding hydrogens is 276 g/mol. The number of aromatic nitrogens is 4. The molecule has 0 saturated heterocycles. The first kappa shape index (κ1) is 13.1. The third kappa shape index (κ3) is 3.16. The summed E-state index contributed by atoms with van der Waals surface area (Å²) in [5.41, 5.74) is 1.14. The van der Waals surface area contributed by atoms with Crippen molar-refractivity contribution in [2.24, 2.45) is 0 Å². The van der Waals surface area contributed by atoms with Gasteiger partial charge in [0, 0.05) is 12.7 Å². The number of ether oxygens (including phenoxy) is 1. The van der Waals surface area contributed by atoms with Crippen LogP contribution in [0.1, 0.15) is 31.4 Å². The van der Waals surface area contributed by atoms with Crippen molar-refractivity contribution < 1.29 is 9.53 Å². The molecule has 0 amide bonds. The molecule has 1 heterocycles. The van der Waals surface area contributed by atoms with E-state index in [9.17, 15) is 4.79 Å². The average Bonchev–Trinajstić information content (AvgIpc) is 3.16. The Morgan fingerprint density at radius 2 is 2.15 bits per heavy atom. The predicted octanol–water partition coefficient (Wildman–Crippen LogP) is 2.23. The van der Waals surface area contributed by atoms with Crippen LogP contribution < -0.4 is 4.74 Å². The molecule has 3 rings (SSSR count). The number of rotatable bonds is 5. The van der Waals surface area contributed by atoms with E-state index in [1.807, 2.05) is 16.8 Å². The number of hydrogen-bond acceptors (Lipinski definition) is 6. The fourth-order valence-corrected chi connectivity index (χ4v) is 2.70. The van der Waals surface area contributed by atoms with E-state index in [-0.39, 0.29) is 5.97 Å². The van der Waals surface area contributed by atoms with Gasteiger partial charge in [-0.05, 0) is 41.0 Å². The van der Waals surface area contributed by atoms with Crippen molar-refractivity contribution in [2.75, 3.05) is 0 Å². The highest BCUT2D eigenvalue weighted by Crippen LogP contribution is 2.36. The first-order chi connectivity index (χ1) is 9.72. The molecule has 1 fully saturated rings. The van der Waals surface area contributed by atoms with Gasteiger partial charge in [0.15, 0.2) is 0 Å². The van der Waals surface area contributed by atoms with E-state index in [4.69, 9.17) is 4.74 Å². The SMILES string of the molecule is CC(=O)Oc1ccc(CSc2nnnn2C2CC2)cc1. The Balaban J connectivity index is 1.60. The molecule has 0 unspecified atom stereocenters. The fourth-order valence-electron chi connectivity index (χ4n) is 1.80. The molecule has 1 aromatic heterocycles. The fraction of sp³-hybridized carbons (Fsp3) is 0.385. The lowest BCUT2D eigenvalue weighted by atomic mass is 10.2. The van der Waals surface area contributed by atoms with Gasteiger partial charge in [0.05, 0.1) is 6.04 Å². The van der Waals surface area contributed by atoms with Crippen molar-refractivity contribution in [3.05, 3.63) is 29.8 Å². The summed E-state index contributed by atoms with van der Waals surface area (Å²) in [5, 5.41) is 12.6. The van der Waals surface area contributed by atoms with E-state index in [0.29, 0.717) is 11.8 Å². The molecule has 0 bridgehead atoms. The molecular formula is C13H14N4O2S. The maximum absolute atomic E-state index is 10.8. The highest BCUT2D eigenvalue weighted by Gasteiger charge is 2.27. The van der Waals surface area contributed by atoms with Crippen LogP contribution in [0.5, 0.6) is 5.75 Å². The number of nitrogens with zero attached hydrogens (tertiary/aromatic N) is 4. The second-order valence-corrected chi connectivity index (χ2v) is 5.61.